The van der Waals surface area contributed by atoms with Gasteiger partial charge in [0, 0.05) is 40.6 Å². The van der Waals surface area contributed by atoms with Crippen LogP contribution in [0, 0.1) is 5.82 Å². The summed E-state index contributed by atoms with van der Waals surface area (Å²) in [5, 5.41) is 9.32. The van der Waals surface area contributed by atoms with Gasteiger partial charge < -0.3 is 9.72 Å². The van der Waals surface area contributed by atoms with Gasteiger partial charge in [-0.05, 0) is 24.3 Å². The van der Waals surface area contributed by atoms with E-state index in [9.17, 15) is 14.0 Å². The maximum atomic E-state index is 14.2. The molecule has 2 heterocycles. The molecule has 2 N–H and O–H groups in total. The van der Waals surface area contributed by atoms with E-state index >= 15 is 0 Å². The van der Waals surface area contributed by atoms with Gasteiger partial charge in [-0.2, -0.15) is 0 Å². The van der Waals surface area contributed by atoms with Crippen LogP contribution in [0.5, 0.6) is 5.75 Å². The zero-order chi connectivity index (χ0) is 22.7. The van der Waals surface area contributed by atoms with Crippen molar-refractivity contribution >= 4 is 23.4 Å². The van der Waals surface area contributed by atoms with Gasteiger partial charge in [0.05, 0.1) is 12.8 Å². The van der Waals surface area contributed by atoms with E-state index in [1.807, 2.05) is 12.1 Å². The lowest BCUT2D eigenvalue weighted by molar-refractivity contribution is 0.414. The second-order valence-electron chi connectivity index (χ2n) is 6.71. The van der Waals surface area contributed by atoms with Gasteiger partial charge in [0.2, 0.25) is 0 Å². The molecule has 0 fully saturated rings. The van der Waals surface area contributed by atoms with Gasteiger partial charge in [0.15, 0.2) is 5.16 Å². The molecule has 4 rings (SSSR count). The van der Waals surface area contributed by atoms with E-state index < -0.39 is 17.1 Å². The molecular weight excluding hydrogens is 457 g/mol. The zero-order valence-corrected chi connectivity index (χ0v) is 18.3. The molecule has 0 saturated carbocycles. The SMILES string of the molecule is COc1cccc(-n2c(Cc3cc(=O)[nH]c(=O)[nH]3)nnc2SCc2c(F)cccc2Cl)c1. The number of aromatic nitrogens is 5. The Morgan fingerprint density at radius 1 is 1.12 bits per heavy atom. The molecule has 0 amide bonds. The van der Waals surface area contributed by atoms with Crippen molar-refractivity contribution < 1.29 is 9.13 Å². The molecule has 4 aromatic rings. The van der Waals surface area contributed by atoms with Gasteiger partial charge in [0.1, 0.15) is 17.4 Å². The molecule has 0 radical (unpaired) electrons. The van der Waals surface area contributed by atoms with Crippen LogP contribution >= 0.6 is 23.4 Å². The number of rotatable bonds is 7. The Balaban J connectivity index is 1.74. The Labute approximate surface area is 190 Å². The first kappa shape index (κ1) is 21.8. The van der Waals surface area contributed by atoms with E-state index in [-0.39, 0.29) is 12.2 Å². The average Bonchev–Trinajstić information content (AvgIpc) is 3.15. The first-order valence-corrected chi connectivity index (χ1v) is 10.8. The summed E-state index contributed by atoms with van der Waals surface area (Å²) in [4.78, 5) is 28.0. The maximum Gasteiger partial charge on any atom is 0.325 e. The van der Waals surface area contributed by atoms with Gasteiger partial charge in [-0.15, -0.1) is 10.2 Å². The number of thioether (sulfide) groups is 1. The van der Waals surface area contributed by atoms with Crippen molar-refractivity contribution in [2.75, 3.05) is 7.11 Å². The summed E-state index contributed by atoms with van der Waals surface area (Å²) >= 11 is 7.41. The summed E-state index contributed by atoms with van der Waals surface area (Å²) < 4.78 is 21.3. The molecule has 164 valence electrons. The van der Waals surface area contributed by atoms with Crippen LogP contribution in [-0.4, -0.2) is 31.8 Å². The van der Waals surface area contributed by atoms with E-state index in [1.54, 1.807) is 35.9 Å². The molecule has 0 aliphatic rings. The lowest BCUT2D eigenvalue weighted by Crippen LogP contribution is -2.23. The maximum absolute atomic E-state index is 14.2. The van der Waals surface area contributed by atoms with Crippen LogP contribution in [0.25, 0.3) is 5.69 Å². The quantitative estimate of drug-likeness (QED) is 0.399. The molecular formula is C21H17ClFN5O3S. The second kappa shape index (κ2) is 9.41. The minimum Gasteiger partial charge on any atom is -0.497 e. The lowest BCUT2D eigenvalue weighted by Gasteiger charge is -2.12. The van der Waals surface area contributed by atoms with E-state index in [0.717, 1.165) is 0 Å². The van der Waals surface area contributed by atoms with Crippen LogP contribution in [0.1, 0.15) is 17.1 Å². The van der Waals surface area contributed by atoms with Crippen molar-refractivity contribution in [3.05, 3.63) is 97.3 Å². The summed E-state index contributed by atoms with van der Waals surface area (Å²) in [6.07, 6.45) is 0.143. The fraction of sp³-hybridized carbons (Fsp3) is 0.143. The summed E-state index contributed by atoms with van der Waals surface area (Å²) in [6, 6.07) is 13.1. The number of hydrogen-bond acceptors (Lipinski definition) is 6. The third-order valence-corrected chi connectivity index (χ3v) is 5.89. The number of hydrogen-bond donors (Lipinski definition) is 2. The molecule has 0 atom stereocenters. The van der Waals surface area contributed by atoms with Crippen LogP contribution in [-0.2, 0) is 12.2 Å². The molecule has 11 heteroatoms. The molecule has 0 aliphatic heterocycles. The number of methoxy groups -OCH3 is 1. The number of benzene rings is 2. The number of halogens is 2. The van der Waals surface area contributed by atoms with Crippen molar-refractivity contribution in [1.29, 1.82) is 0 Å². The van der Waals surface area contributed by atoms with Gasteiger partial charge in [-0.25, -0.2) is 9.18 Å². The highest BCUT2D eigenvalue weighted by atomic mass is 35.5. The minimum atomic E-state index is -0.608. The van der Waals surface area contributed by atoms with Crippen molar-refractivity contribution in [2.45, 2.75) is 17.3 Å². The zero-order valence-electron chi connectivity index (χ0n) is 16.8. The van der Waals surface area contributed by atoms with E-state index in [0.29, 0.717) is 38.7 Å². The number of H-pyrrole nitrogens is 2. The highest BCUT2D eigenvalue weighted by molar-refractivity contribution is 7.98. The molecule has 0 unspecified atom stereocenters. The summed E-state index contributed by atoms with van der Waals surface area (Å²) in [5.41, 5.74) is 0.325. The smallest absolute Gasteiger partial charge is 0.325 e. The predicted molar refractivity (Wildman–Crippen MR) is 119 cm³/mol. The molecule has 2 aromatic heterocycles. The fourth-order valence-electron chi connectivity index (χ4n) is 3.11. The highest BCUT2D eigenvalue weighted by Crippen LogP contribution is 2.30. The van der Waals surface area contributed by atoms with Gasteiger partial charge in [0.25, 0.3) is 5.56 Å². The fourth-order valence-corrected chi connectivity index (χ4v) is 4.42. The molecule has 2 aromatic carbocycles. The largest absolute Gasteiger partial charge is 0.497 e. The van der Waals surface area contributed by atoms with Crippen LogP contribution < -0.4 is 16.0 Å². The van der Waals surface area contributed by atoms with Crippen molar-refractivity contribution in [3.63, 3.8) is 0 Å². The molecule has 0 saturated heterocycles. The van der Waals surface area contributed by atoms with Crippen LogP contribution in [0.15, 0.2) is 63.3 Å². The number of nitrogens with zero attached hydrogens (tertiary/aromatic N) is 3. The Morgan fingerprint density at radius 2 is 1.94 bits per heavy atom. The van der Waals surface area contributed by atoms with Crippen molar-refractivity contribution in [2.24, 2.45) is 0 Å². The number of aromatic amines is 2. The summed E-state index contributed by atoms with van der Waals surface area (Å²) in [6.45, 7) is 0. The third kappa shape index (κ3) is 4.76. The standard InChI is InChI=1S/C21H17ClFN5O3S/c1-31-14-5-2-4-13(10-14)28-18(8-12-9-19(29)25-20(30)24-12)26-27-21(28)32-11-15-16(22)6-3-7-17(15)23/h2-7,9-10H,8,11H2,1H3,(H2,24,25,29,30). The van der Waals surface area contributed by atoms with Crippen LogP contribution in [0.4, 0.5) is 4.39 Å². The summed E-state index contributed by atoms with van der Waals surface area (Å²) in [7, 11) is 1.56. The van der Waals surface area contributed by atoms with Crippen molar-refractivity contribution in [1.82, 2.24) is 24.7 Å². The summed E-state index contributed by atoms with van der Waals surface area (Å²) in [5.74, 6) is 0.926. The Hall–Kier alpha value is -3.37. The molecule has 8 nitrogen and oxygen atoms in total. The second-order valence-corrected chi connectivity index (χ2v) is 8.06. The number of ether oxygens (including phenoxy) is 1. The topological polar surface area (TPSA) is 106 Å². The van der Waals surface area contributed by atoms with Crippen LogP contribution in [0.3, 0.4) is 0 Å². The first-order chi connectivity index (χ1) is 15.4. The average molecular weight is 474 g/mol. The van der Waals surface area contributed by atoms with Gasteiger partial charge in [-0.1, -0.05) is 35.5 Å². The van der Waals surface area contributed by atoms with Gasteiger partial charge in [-0.3, -0.25) is 14.3 Å². The normalized spacial score (nSPS) is 11.0. The molecule has 0 aliphatic carbocycles. The van der Waals surface area contributed by atoms with E-state index in [1.165, 1.54) is 23.9 Å². The minimum absolute atomic E-state index is 0.143. The monoisotopic (exact) mass is 473 g/mol. The van der Waals surface area contributed by atoms with E-state index in [4.69, 9.17) is 16.3 Å². The predicted octanol–water partition coefficient (Wildman–Crippen LogP) is 3.33. The first-order valence-electron chi connectivity index (χ1n) is 9.41. The van der Waals surface area contributed by atoms with Crippen LogP contribution in [0.2, 0.25) is 5.02 Å². The van der Waals surface area contributed by atoms with Gasteiger partial charge >= 0.3 is 5.69 Å². The Kier molecular flexibility index (Phi) is 6.42. The highest BCUT2D eigenvalue weighted by Gasteiger charge is 2.18. The lowest BCUT2D eigenvalue weighted by atomic mass is 10.2. The Bertz CT molecular complexity index is 1340. The number of nitrogens with one attached hydrogen (secondary N) is 2. The Morgan fingerprint density at radius 3 is 2.69 bits per heavy atom. The molecule has 32 heavy (non-hydrogen) atoms. The molecule has 0 spiro atoms. The molecule has 0 bridgehead atoms. The third-order valence-electron chi connectivity index (χ3n) is 4.58. The van der Waals surface area contributed by atoms with Crippen molar-refractivity contribution in [3.8, 4) is 11.4 Å². The van der Waals surface area contributed by atoms with E-state index in [2.05, 4.69) is 20.2 Å².